The zero-order chi connectivity index (χ0) is 13.7. The molecule has 0 aliphatic carbocycles. The van der Waals surface area contributed by atoms with Gasteiger partial charge in [0.1, 0.15) is 6.54 Å². The number of thioether (sulfide) groups is 1. The number of carboxylic acid groups (broad SMARTS) is 1. The van der Waals surface area contributed by atoms with E-state index in [2.05, 4.69) is 15.5 Å². The van der Waals surface area contributed by atoms with Gasteiger partial charge in [-0.1, -0.05) is 17.8 Å². The second kappa shape index (κ2) is 6.14. The van der Waals surface area contributed by atoms with E-state index in [0.29, 0.717) is 17.5 Å². The van der Waals surface area contributed by atoms with Gasteiger partial charge in [0.25, 0.3) is 5.56 Å². The molecule has 2 aromatic heterocycles. The molecule has 0 bridgehead atoms. The molecule has 0 fully saturated rings. The molecule has 1 N–H and O–H groups in total. The molecular formula is C10H11N5O3S. The summed E-state index contributed by atoms with van der Waals surface area (Å²) >= 11 is 1.30. The van der Waals surface area contributed by atoms with Crippen LogP contribution in [0.4, 0.5) is 0 Å². The van der Waals surface area contributed by atoms with Crippen LogP contribution in [0.1, 0.15) is 0 Å². The summed E-state index contributed by atoms with van der Waals surface area (Å²) < 4.78 is 2.78. The molecule has 100 valence electrons. The minimum Gasteiger partial charge on any atom is -0.480 e. The first-order valence-electron chi connectivity index (χ1n) is 5.43. The molecule has 2 heterocycles. The molecular weight excluding hydrogens is 270 g/mol. The Balaban J connectivity index is 1.93. The molecule has 0 radical (unpaired) electrons. The number of aryl methyl sites for hydroxylation is 1. The lowest BCUT2D eigenvalue weighted by molar-refractivity contribution is -0.138. The van der Waals surface area contributed by atoms with E-state index < -0.39 is 5.97 Å². The summed E-state index contributed by atoms with van der Waals surface area (Å²) in [6, 6.07) is 4.94. The normalized spacial score (nSPS) is 10.5. The maximum atomic E-state index is 11.5. The fraction of sp³-hybridized carbons (Fsp3) is 0.300. The number of aliphatic carboxylic acids is 1. The van der Waals surface area contributed by atoms with E-state index in [1.54, 1.807) is 22.9 Å². The third kappa shape index (κ3) is 3.65. The van der Waals surface area contributed by atoms with Gasteiger partial charge < -0.3 is 9.67 Å². The van der Waals surface area contributed by atoms with E-state index in [-0.39, 0.29) is 12.1 Å². The Morgan fingerprint density at radius 1 is 1.42 bits per heavy atom. The molecule has 0 atom stereocenters. The molecule has 2 rings (SSSR count). The highest BCUT2D eigenvalue weighted by atomic mass is 32.2. The molecule has 0 unspecified atom stereocenters. The van der Waals surface area contributed by atoms with Crippen molar-refractivity contribution < 1.29 is 9.90 Å². The summed E-state index contributed by atoms with van der Waals surface area (Å²) in [7, 11) is 0. The van der Waals surface area contributed by atoms with Gasteiger partial charge >= 0.3 is 5.97 Å². The van der Waals surface area contributed by atoms with E-state index in [1.807, 2.05) is 0 Å². The minimum absolute atomic E-state index is 0.0757. The van der Waals surface area contributed by atoms with Crippen molar-refractivity contribution in [2.24, 2.45) is 0 Å². The van der Waals surface area contributed by atoms with Crippen molar-refractivity contribution in [1.29, 1.82) is 0 Å². The van der Waals surface area contributed by atoms with Gasteiger partial charge in [-0.05, 0) is 16.5 Å². The Morgan fingerprint density at radius 3 is 3.00 bits per heavy atom. The Hall–Kier alpha value is -2.16. The predicted molar refractivity (Wildman–Crippen MR) is 66.9 cm³/mol. The maximum Gasteiger partial charge on any atom is 0.325 e. The van der Waals surface area contributed by atoms with Gasteiger partial charge in [0.2, 0.25) is 5.16 Å². The van der Waals surface area contributed by atoms with Crippen LogP contribution in [0.3, 0.4) is 0 Å². The lowest BCUT2D eigenvalue weighted by Gasteiger charge is -2.04. The van der Waals surface area contributed by atoms with Crippen molar-refractivity contribution in [2.75, 3.05) is 5.75 Å². The predicted octanol–water partition coefficient (Wildman–Crippen LogP) is -0.288. The zero-order valence-electron chi connectivity index (χ0n) is 9.84. The first-order chi connectivity index (χ1) is 9.16. The lowest BCUT2D eigenvalue weighted by atomic mass is 10.5. The fourth-order valence-corrected chi connectivity index (χ4v) is 2.22. The van der Waals surface area contributed by atoms with Crippen LogP contribution in [0.5, 0.6) is 0 Å². The number of hydrogen-bond acceptors (Lipinski definition) is 6. The fourth-order valence-electron chi connectivity index (χ4n) is 1.41. The van der Waals surface area contributed by atoms with Crippen molar-refractivity contribution >= 4 is 17.7 Å². The Bertz CT molecular complexity index is 623. The van der Waals surface area contributed by atoms with Crippen molar-refractivity contribution in [3.05, 3.63) is 34.7 Å². The number of carboxylic acids is 1. The van der Waals surface area contributed by atoms with Crippen molar-refractivity contribution in [3.63, 3.8) is 0 Å². The van der Waals surface area contributed by atoms with Gasteiger partial charge in [-0.2, -0.15) is 0 Å². The van der Waals surface area contributed by atoms with Crippen molar-refractivity contribution in [3.8, 4) is 0 Å². The number of tetrazole rings is 1. The van der Waals surface area contributed by atoms with E-state index in [4.69, 9.17) is 5.11 Å². The van der Waals surface area contributed by atoms with Crippen LogP contribution in [0.25, 0.3) is 0 Å². The van der Waals surface area contributed by atoms with Crippen LogP contribution in [0.15, 0.2) is 34.3 Å². The summed E-state index contributed by atoms with van der Waals surface area (Å²) in [4.78, 5) is 22.0. The number of hydrogen-bond donors (Lipinski definition) is 1. The lowest BCUT2D eigenvalue weighted by Crippen LogP contribution is -2.19. The largest absolute Gasteiger partial charge is 0.480 e. The van der Waals surface area contributed by atoms with Gasteiger partial charge in [-0.15, -0.1) is 5.10 Å². The average molecular weight is 281 g/mol. The Labute approximate surface area is 112 Å². The highest BCUT2D eigenvalue weighted by Crippen LogP contribution is 2.13. The van der Waals surface area contributed by atoms with Gasteiger partial charge in [0.15, 0.2) is 0 Å². The molecule has 0 amide bonds. The summed E-state index contributed by atoms with van der Waals surface area (Å²) in [6.45, 7) is 0.227. The second-order valence-electron chi connectivity index (χ2n) is 3.59. The molecule has 0 aliphatic heterocycles. The van der Waals surface area contributed by atoms with Gasteiger partial charge in [-0.25, -0.2) is 4.68 Å². The van der Waals surface area contributed by atoms with E-state index in [1.165, 1.54) is 22.5 Å². The first-order valence-corrected chi connectivity index (χ1v) is 6.41. The van der Waals surface area contributed by atoms with Crippen molar-refractivity contribution in [2.45, 2.75) is 18.2 Å². The number of pyridine rings is 1. The summed E-state index contributed by atoms with van der Waals surface area (Å²) in [6.07, 6.45) is 1.70. The van der Waals surface area contributed by atoms with Gasteiger partial charge in [0, 0.05) is 24.6 Å². The first kappa shape index (κ1) is 13.3. The molecule has 0 saturated heterocycles. The number of rotatable bonds is 6. The third-order valence-electron chi connectivity index (χ3n) is 2.25. The standard InChI is InChI=1S/C10H11N5O3S/c16-8-3-1-2-4-14(8)5-6-19-10-11-12-13-15(10)7-9(17)18/h1-4H,5-7H2,(H,17,18). The van der Waals surface area contributed by atoms with Crippen LogP contribution in [0.2, 0.25) is 0 Å². The van der Waals surface area contributed by atoms with E-state index in [9.17, 15) is 9.59 Å². The number of aromatic nitrogens is 5. The smallest absolute Gasteiger partial charge is 0.325 e. The van der Waals surface area contributed by atoms with Crippen LogP contribution < -0.4 is 5.56 Å². The quantitative estimate of drug-likeness (QED) is 0.726. The molecule has 8 nitrogen and oxygen atoms in total. The molecule has 0 aliphatic rings. The topological polar surface area (TPSA) is 103 Å². The summed E-state index contributed by atoms with van der Waals surface area (Å²) in [5.74, 6) is -0.433. The third-order valence-corrected chi connectivity index (χ3v) is 3.18. The van der Waals surface area contributed by atoms with Gasteiger partial charge in [-0.3, -0.25) is 9.59 Å². The van der Waals surface area contributed by atoms with E-state index in [0.717, 1.165) is 0 Å². The van der Waals surface area contributed by atoms with Gasteiger partial charge in [0.05, 0.1) is 0 Å². The molecule has 0 saturated carbocycles. The molecule has 0 aromatic carbocycles. The molecule has 19 heavy (non-hydrogen) atoms. The zero-order valence-corrected chi connectivity index (χ0v) is 10.7. The molecule has 2 aromatic rings. The SMILES string of the molecule is O=C(O)Cn1nnnc1SCCn1ccccc1=O. The van der Waals surface area contributed by atoms with Crippen LogP contribution in [0, 0.1) is 0 Å². The minimum atomic E-state index is -1.01. The number of carbonyl (C=O) groups is 1. The molecule has 9 heteroatoms. The Kier molecular flexibility index (Phi) is 4.29. The summed E-state index contributed by atoms with van der Waals surface area (Å²) in [5.41, 5.74) is -0.0757. The van der Waals surface area contributed by atoms with Crippen molar-refractivity contribution in [1.82, 2.24) is 24.8 Å². The average Bonchev–Trinajstić information content (AvgIpc) is 2.78. The number of nitrogens with zero attached hydrogens (tertiary/aromatic N) is 5. The Morgan fingerprint density at radius 2 is 2.26 bits per heavy atom. The highest BCUT2D eigenvalue weighted by Gasteiger charge is 2.09. The maximum absolute atomic E-state index is 11.5. The van der Waals surface area contributed by atoms with E-state index >= 15 is 0 Å². The molecule has 0 spiro atoms. The van der Waals surface area contributed by atoms with Crippen LogP contribution in [-0.4, -0.2) is 41.6 Å². The highest BCUT2D eigenvalue weighted by molar-refractivity contribution is 7.99. The summed E-state index contributed by atoms with van der Waals surface area (Å²) in [5, 5.41) is 19.9. The monoisotopic (exact) mass is 281 g/mol. The van der Waals surface area contributed by atoms with Crippen LogP contribution >= 0.6 is 11.8 Å². The van der Waals surface area contributed by atoms with Crippen LogP contribution in [-0.2, 0) is 17.9 Å². The second-order valence-corrected chi connectivity index (χ2v) is 4.66.